The SMILES string of the molecule is Cc1cc(-n2ccnc2C)ccc1C(N)=O. The van der Waals surface area contributed by atoms with Gasteiger partial charge in [0.15, 0.2) is 0 Å². The van der Waals surface area contributed by atoms with Crippen LogP contribution in [0.2, 0.25) is 0 Å². The van der Waals surface area contributed by atoms with Gasteiger partial charge in [-0.15, -0.1) is 0 Å². The Labute approximate surface area is 93.7 Å². The lowest BCUT2D eigenvalue weighted by Gasteiger charge is -2.08. The predicted octanol–water partition coefficient (Wildman–Crippen LogP) is 1.59. The summed E-state index contributed by atoms with van der Waals surface area (Å²) in [6.07, 6.45) is 3.63. The number of aromatic nitrogens is 2. The van der Waals surface area contributed by atoms with E-state index in [0.29, 0.717) is 5.56 Å². The van der Waals surface area contributed by atoms with Crippen LogP contribution in [0, 0.1) is 13.8 Å². The van der Waals surface area contributed by atoms with Crippen LogP contribution in [0.25, 0.3) is 5.69 Å². The average Bonchev–Trinajstić information content (AvgIpc) is 2.63. The molecule has 0 aliphatic carbocycles. The molecule has 2 rings (SSSR count). The van der Waals surface area contributed by atoms with Crippen LogP contribution in [0.4, 0.5) is 0 Å². The van der Waals surface area contributed by atoms with Crippen molar-refractivity contribution >= 4 is 5.91 Å². The highest BCUT2D eigenvalue weighted by Gasteiger charge is 2.07. The van der Waals surface area contributed by atoms with Crippen molar-refractivity contribution in [3.63, 3.8) is 0 Å². The van der Waals surface area contributed by atoms with Gasteiger partial charge in [0.2, 0.25) is 5.91 Å². The van der Waals surface area contributed by atoms with Crippen molar-refractivity contribution in [2.75, 3.05) is 0 Å². The molecule has 2 N–H and O–H groups in total. The minimum Gasteiger partial charge on any atom is -0.366 e. The van der Waals surface area contributed by atoms with Crippen molar-refractivity contribution in [2.24, 2.45) is 5.73 Å². The van der Waals surface area contributed by atoms with Gasteiger partial charge in [-0.25, -0.2) is 4.98 Å². The smallest absolute Gasteiger partial charge is 0.248 e. The first kappa shape index (κ1) is 10.4. The predicted molar refractivity (Wildman–Crippen MR) is 61.6 cm³/mol. The Morgan fingerprint density at radius 1 is 1.38 bits per heavy atom. The van der Waals surface area contributed by atoms with Gasteiger partial charge in [-0.05, 0) is 37.6 Å². The lowest BCUT2D eigenvalue weighted by molar-refractivity contribution is 0.1000. The van der Waals surface area contributed by atoms with Gasteiger partial charge >= 0.3 is 0 Å². The normalized spacial score (nSPS) is 10.4. The van der Waals surface area contributed by atoms with Crippen LogP contribution in [-0.4, -0.2) is 15.5 Å². The van der Waals surface area contributed by atoms with Crippen LogP contribution in [0.15, 0.2) is 30.6 Å². The molecular weight excluding hydrogens is 202 g/mol. The molecule has 0 atom stereocenters. The second-order valence-corrected chi connectivity index (χ2v) is 3.71. The largest absolute Gasteiger partial charge is 0.366 e. The lowest BCUT2D eigenvalue weighted by Crippen LogP contribution is -2.12. The zero-order chi connectivity index (χ0) is 11.7. The number of imidazole rings is 1. The van der Waals surface area contributed by atoms with Crippen molar-refractivity contribution in [2.45, 2.75) is 13.8 Å². The van der Waals surface area contributed by atoms with Crippen LogP contribution in [0.1, 0.15) is 21.7 Å². The fraction of sp³-hybridized carbons (Fsp3) is 0.167. The number of primary amides is 1. The Bertz CT molecular complexity index is 543. The third-order valence-electron chi connectivity index (χ3n) is 2.58. The topological polar surface area (TPSA) is 60.9 Å². The lowest BCUT2D eigenvalue weighted by atomic mass is 10.1. The second-order valence-electron chi connectivity index (χ2n) is 3.71. The number of nitrogens with two attached hydrogens (primary N) is 1. The van der Waals surface area contributed by atoms with Gasteiger partial charge in [-0.1, -0.05) is 0 Å². The Balaban J connectivity index is 2.50. The van der Waals surface area contributed by atoms with Crippen molar-refractivity contribution in [1.29, 1.82) is 0 Å². The van der Waals surface area contributed by atoms with Crippen LogP contribution < -0.4 is 5.73 Å². The Morgan fingerprint density at radius 3 is 2.62 bits per heavy atom. The summed E-state index contributed by atoms with van der Waals surface area (Å²) in [6, 6.07) is 5.53. The molecule has 0 unspecified atom stereocenters. The second kappa shape index (κ2) is 3.81. The number of carbonyl (C=O) groups excluding carboxylic acids is 1. The van der Waals surface area contributed by atoms with Gasteiger partial charge < -0.3 is 10.3 Å². The van der Waals surface area contributed by atoms with Gasteiger partial charge in [-0.2, -0.15) is 0 Å². The molecule has 0 aliphatic rings. The van der Waals surface area contributed by atoms with Crippen molar-refractivity contribution in [1.82, 2.24) is 9.55 Å². The first-order chi connectivity index (χ1) is 7.59. The summed E-state index contributed by atoms with van der Waals surface area (Å²) in [5.41, 5.74) is 7.67. The first-order valence-corrected chi connectivity index (χ1v) is 5.00. The third-order valence-corrected chi connectivity index (χ3v) is 2.58. The number of hydrogen-bond acceptors (Lipinski definition) is 2. The van der Waals surface area contributed by atoms with Crippen molar-refractivity contribution in [3.8, 4) is 5.69 Å². The number of amides is 1. The van der Waals surface area contributed by atoms with E-state index in [1.807, 2.05) is 36.7 Å². The molecule has 0 bridgehead atoms. The van der Waals surface area contributed by atoms with Crippen LogP contribution in [-0.2, 0) is 0 Å². The Morgan fingerprint density at radius 2 is 2.12 bits per heavy atom. The number of benzene rings is 1. The van der Waals surface area contributed by atoms with Gasteiger partial charge in [-0.3, -0.25) is 4.79 Å². The van der Waals surface area contributed by atoms with E-state index in [0.717, 1.165) is 17.1 Å². The Kier molecular flexibility index (Phi) is 2.48. The molecule has 0 saturated heterocycles. The standard InChI is InChI=1S/C12H13N3O/c1-8-7-10(3-4-11(8)12(13)16)15-6-5-14-9(15)2/h3-7H,1-2H3,(H2,13,16). The summed E-state index contributed by atoms with van der Waals surface area (Å²) in [5, 5.41) is 0. The molecule has 1 aromatic heterocycles. The fourth-order valence-electron chi connectivity index (χ4n) is 1.72. The molecule has 1 aromatic carbocycles. The summed E-state index contributed by atoms with van der Waals surface area (Å²) in [5.74, 6) is 0.512. The zero-order valence-electron chi connectivity index (χ0n) is 9.27. The van der Waals surface area contributed by atoms with Gasteiger partial charge in [0.1, 0.15) is 5.82 Å². The quantitative estimate of drug-likeness (QED) is 0.826. The third kappa shape index (κ3) is 1.69. The molecule has 82 valence electrons. The van der Waals surface area contributed by atoms with Crippen molar-refractivity contribution in [3.05, 3.63) is 47.5 Å². The molecular formula is C12H13N3O. The maximum absolute atomic E-state index is 11.1. The summed E-state index contributed by atoms with van der Waals surface area (Å²) < 4.78 is 1.96. The molecule has 0 aliphatic heterocycles. The van der Waals surface area contributed by atoms with Crippen molar-refractivity contribution < 1.29 is 4.79 Å². The molecule has 0 fully saturated rings. The first-order valence-electron chi connectivity index (χ1n) is 5.00. The monoisotopic (exact) mass is 215 g/mol. The van der Waals surface area contributed by atoms with E-state index in [2.05, 4.69) is 4.98 Å². The number of rotatable bonds is 2. The molecule has 0 saturated carbocycles. The summed E-state index contributed by atoms with van der Waals surface area (Å²) in [6.45, 7) is 3.80. The molecule has 4 nitrogen and oxygen atoms in total. The number of aryl methyl sites for hydroxylation is 2. The number of hydrogen-bond donors (Lipinski definition) is 1. The number of carbonyl (C=O) groups is 1. The molecule has 16 heavy (non-hydrogen) atoms. The average molecular weight is 215 g/mol. The van der Waals surface area contributed by atoms with E-state index >= 15 is 0 Å². The molecule has 0 spiro atoms. The van der Waals surface area contributed by atoms with E-state index in [4.69, 9.17) is 5.73 Å². The molecule has 1 amide bonds. The molecule has 1 heterocycles. The highest BCUT2D eigenvalue weighted by Crippen LogP contribution is 2.15. The Hall–Kier alpha value is -2.10. The van der Waals surface area contributed by atoms with Gasteiger partial charge in [0, 0.05) is 23.6 Å². The molecule has 0 radical (unpaired) electrons. The minimum absolute atomic E-state index is 0.397. The molecule has 4 heteroatoms. The summed E-state index contributed by atoms with van der Waals surface area (Å²) >= 11 is 0. The highest BCUT2D eigenvalue weighted by atomic mass is 16.1. The highest BCUT2D eigenvalue weighted by molar-refractivity contribution is 5.94. The van der Waals surface area contributed by atoms with E-state index < -0.39 is 5.91 Å². The van der Waals surface area contributed by atoms with E-state index in [1.165, 1.54) is 0 Å². The molecule has 2 aromatic rings. The van der Waals surface area contributed by atoms with Gasteiger partial charge in [0.05, 0.1) is 0 Å². The maximum atomic E-state index is 11.1. The van der Waals surface area contributed by atoms with E-state index in [9.17, 15) is 4.79 Å². The van der Waals surface area contributed by atoms with E-state index in [1.54, 1.807) is 12.3 Å². The number of nitrogens with zero attached hydrogens (tertiary/aromatic N) is 2. The minimum atomic E-state index is -0.397. The summed E-state index contributed by atoms with van der Waals surface area (Å²) in [7, 11) is 0. The summed E-state index contributed by atoms with van der Waals surface area (Å²) in [4.78, 5) is 15.2. The van der Waals surface area contributed by atoms with Crippen LogP contribution >= 0.6 is 0 Å². The van der Waals surface area contributed by atoms with E-state index in [-0.39, 0.29) is 0 Å². The van der Waals surface area contributed by atoms with Gasteiger partial charge in [0.25, 0.3) is 0 Å². The van der Waals surface area contributed by atoms with Crippen LogP contribution in [0.5, 0.6) is 0 Å². The zero-order valence-corrected chi connectivity index (χ0v) is 9.27. The maximum Gasteiger partial charge on any atom is 0.248 e. The van der Waals surface area contributed by atoms with Crippen LogP contribution in [0.3, 0.4) is 0 Å². The fourth-order valence-corrected chi connectivity index (χ4v) is 1.72.